The van der Waals surface area contributed by atoms with Gasteiger partial charge in [0.05, 0.1) is 10.0 Å². The van der Waals surface area contributed by atoms with Crippen LogP contribution < -0.4 is 0 Å². The Morgan fingerprint density at radius 1 is 1.28 bits per heavy atom. The molecule has 0 fully saturated rings. The number of carbonyl (C=O) groups excluding carboxylic acids is 1. The summed E-state index contributed by atoms with van der Waals surface area (Å²) in [6, 6.07) is 5.09. The van der Waals surface area contributed by atoms with E-state index in [2.05, 4.69) is 10.1 Å². The molecule has 25 heavy (non-hydrogen) atoms. The van der Waals surface area contributed by atoms with Crippen molar-refractivity contribution in [1.29, 1.82) is 0 Å². The lowest BCUT2D eigenvalue weighted by Gasteiger charge is -2.14. The number of carboxylic acids is 1. The normalized spacial score (nSPS) is 10.7. The highest BCUT2D eigenvalue weighted by atomic mass is 35.5. The van der Waals surface area contributed by atoms with Crippen molar-refractivity contribution in [1.82, 2.24) is 19.7 Å². The second kappa shape index (κ2) is 8.31. The number of hydrogen-bond donors (Lipinski definition) is 1. The molecule has 134 valence electrons. The van der Waals surface area contributed by atoms with E-state index in [0.717, 1.165) is 0 Å². The average molecular weight is 385 g/mol. The zero-order chi connectivity index (χ0) is 18.6. The Morgan fingerprint density at radius 3 is 2.48 bits per heavy atom. The van der Waals surface area contributed by atoms with E-state index in [0.29, 0.717) is 40.9 Å². The second-order valence-corrected chi connectivity index (χ2v) is 6.23. The van der Waals surface area contributed by atoms with Crippen LogP contribution in [0, 0.1) is 0 Å². The fraction of sp³-hybridized carbons (Fsp3) is 0.375. The van der Waals surface area contributed by atoms with E-state index in [4.69, 9.17) is 28.3 Å². The topological polar surface area (TPSA) is 88.3 Å². The maximum atomic E-state index is 12.5. The van der Waals surface area contributed by atoms with E-state index in [1.54, 1.807) is 25.2 Å². The van der Waals surface area contributed by atoms with E-state index < -0.39 is 5.97 Å². The Bertz CT molecular complexity index is 771. The van der Waals surface area contributed by atoms with Crippen molar-refractivity contribution in [2.75, 3.05) is 13.6 Å². The predicted molar refractivity (Wildman–Crippen MR) is 94.6 cm³/mol. The van der Waals surface area contributed by atoms with Gasteiger partial charge in [-0.1, -0.05) is 36.2 Å². The van der Waals surface area contributed by atoms with Crippen LogP contribution in [0.15, 0.2) is 18.2 Å². The highest BCUT2D eigenvalue weighted by molar-refractivity contribution is 6.37. The molecule has 1 amide bonds. The SMILES string of the molecule is CCc1nc(C(=O)N(C)CCCC(=O)O)nn1-c1c(Cl)cccc1Cl. The Kier molecular flexibility index (Phi) is 6.39. The molecule has 1 aromatic carbocycles. The first-order valence-corrected chi connectivity index (χ1v) is 8.48. The molecule has 0 bridgehead atoms. The molecule has 0 aliphatic carbocycles. The van der Waals surface area contributed by atoms with Crippen molar-refractivity contribution >= 4 is 35.1 Å². The molecule has 2 rings (SSSR count). The van der Waals surface area contributed by atoms with Gasteiger partial charge in [0.25, 0.3) is 5.91 Å². The molecule has 7 nitrogen and oxygen atoms in total. The quantitative estimate of drug-likeness (QED) is 0.792. The van der Waals surface area contributed by atoms with Gasteiger partial charge in [0.2, 0.25) is 5.82 Å². The number of carboxylic acid groups (broad SMARTS) is 1. The summed E-state index contributed by atoms with van der Waals surface area (Å²) in [5, 5.41) is 13.7. The van der Waals surface area contributed by atoms with Gasteiger partial charge in [-0.3, -0.25) is 9.59 Å². The van der Waals surface area contributed by atoms with Crippen LogP contribution in [0.1, 0.15) is 36.2 Å². The Hall–Kier alpha value is -2.12. The van der Waals surface area contributed by atoms with E-state index in [-0.39, 0.29) is 18.2 Å². The third-order valence-corrected chi connectivity index (χ3v) is 4.17. The van der Waals surface area contributed by atoms with Crippen LogP contribution >= 0.6 is 23.2 Å². The van der Waals surface area contributed by atoms with Gasteiger partial charge in [0.15, 0.2) is 0 Å². The van der Waals surface area contributed by atoms with Gasteiger partial charge in [-0.15, -0.1) is 5.10 Å². The minimum absolute atomic E-state index is 0.00503. The largest absolute Gasteiger partial charge is 0.481 e. The first-order chi connectivity index (χ1) is 11.8. The Balaban J connectivity index is 2.28. The molecule has 0 spiro atoms. The van der Waals surface area contributed by atoms with Gasteiger partial charge in [-0.2, -0.15) is 0 Å². The first-order valence-electron chi connectivity index (χ1n) is 7.72. The van der Waals surface area contributed by atoms with Crippen molar-refractivity contribution in [3.63, 3.8) is 0 Å². The van der Waals surface area contributed by atoms with Gasteiger partial charge in [0.1, 0.15) is 11.5 Å². The van der Waals surface area contributed by atoms with Gasteiger partial charge >= 0.3 is 5.97 Å². The summed E-state index contributed by atoms with van der Waals surface area (Å²) < 4.78 is 1.48. The summed E-state index contributed by atoms with van der Waals surface area (Å²) in [6.45, 7) is 2.18. The van der Waals surface area contributed by atoms with Gasteiger partial charge in [-0.05, 0) is 18.6 Å². The molecule has 2 aromatic rings. The molecule has 0 radical (unpaired) electrons. The van der Waals surface area contributed by atoms with Gasteiger partial charge in [-0.25, -0.2) is 9.67 Å². The summed E-state index contributed by atoms with van der Waals surface area (Å²) in [6.07, 6.45) is 0.884. The molecule has 1 aromatic heterocycles. The van der Waals surface area contributed by atoms with E-state index in [1.807, 2.05) is 6.92 Å². The van der Waals surface area contributed by atoms with Crippen LogP contribution in [-0.4, -0.2) is 50.2 Å². The number of rotatable bonds is 7. The number of benzene rings is 1. The van der Waals surface area contributed by atoms with Crippen molar-refractivity contribution < 1.29 is 14.7 Å². The maximum Gasteiger partial charge on any atom is 0.303 e. The van der Waals surface area contributed by atoms with E-state index in [1.165, 1.54) is 9.58 Å². The summed E-state index contributed by atoms with van der Waals surface area (Å²) in [7, 11) is 1.58. The van der Waals surface area contributed by atoms with Crippen LogP contribution in [0.3, 0.4) is 0 Å². The fourth-order valence-corrected chi connectivity index (χ4v) is 2.83. The third-order valence-electron chi connectivity index (χ3n) is 3.56. The lowest BCUT2D eigenvalue weighted by Crippen LogP contribution is -2.29. The number of carbonyl (C=O) groups is 2. The van der Waals surface area contributed by atoms with Gasteiger partial charge in [0, 0.05) is 26.4 Å². The number of amides is 1. The average Bonchev–Trinajstić information content (AvgIpc) is 2.97. The number of aryl methyl sites for hydroxylation is 1. The van der Waals surface area contributed by atoms with Crippen LogP contribution in [0.5, 0.6) is 0 Å². The summed E-state index contributed by atoms with van der Waals surface area (Å²) >= 11 is 12.4. The molecule has 0 aliphatic rings. The summed E-state index contributed by atoms with van der Waals surface area (Å²) in [5.74, 6) is -0.713. The monoisotopic (exact) mass is 384 g/mol. The summed E-state index contributed by atoms with van der Waals surface area (Å²) in [5.41, 5.74) is 0.475. The molecule has 1 N–H and O–H groups in total. The van der Waals surface area contributed by atoms with Crippen LogP contribution in [0.4, 0.5) is 0 Å². The molecule has 0 saturated heterocycles. The molecular formula is C16H18Cl2N4O3. The number of para-hydroxylation sites is 1. The smallest absolute Gasteiger partial charge is 0.303 e. The van der Waals surface area contributed by atoms with E-state index in [9.17, 15) is 9.59 Å². The number of halogens is 2. The lowest BCUT2D eigenvalue weighted by atomic mass is 10.3. The fourth-order valence-electron chi connectivity index (χ4n) is 2.27. The zero-order valence-electron chi connectivity index (χ0n) is 13.9. The molecule has 0 atom stereocenters. The van der Waals surface area contributed by atoms with Crippen molar-refractivity contribution in [2.24, 2.45) is 0 Å². The second-order valence-electron chi connectivity index (χ2n) is 5.41. The first kappa shape index (κ1) is 19.2. The molecule has 0 saturated carbocycles. The van der Waals surface area contributed by atoms with Crippen molar-refractivity contribution in [2.45, 2.75) is 26.2 Å². The standard InChI is InChI=1S/C16H18Cl2N4O3/c1-3-12-19-15(16(25)21(2)9-5-8-13(23)24)20-22(12)14-10(17)6-4-7-11(14)18/h4,6-7H,3,5,8-9H2,1-2H3,(H,23,24). The molecule has 0 unspecified atom stereocenters. The minimum atomic E-state index is -0.898. The number of aromatic nitrogens is 3. The van der Waals surface area contributed by atoms with E-state index >= 15 is 0 Å². The lowest BCUT2D eigenvalue weighted by molar-refractivity contribution is -0.137. The van der Waals surface area contributed by atoms with Crippen molar-refractivity contribution in [3.05, 3.63) is 39.9 Å². The van der Waals surface area contributed by atoms with Crippen LogP contribution in [-0.2, 0) is 11.2 Å². The van der Waals surface area contributed by atoms with Crippen molar-refractivity contribution in [3.8, 4) is 5.69 Å². The van der Waals surface area contributed by atoms with Crippen LogP contribution in [0.2, 0.25) is 10.0 Å². The summed E-state index contributed by atoms with van der Waals surface area (Å²) in [4.78, 5) is 28.7. The maximum absolute atomic E-state index is 12.5. The third kappa shape index (κ3) is 4.49. The number of aliphatic carboxylic acids is 1. The molecule has 9 heteroatoms. The Morgan fingerprint density at radius 2 is 1.92 bits per heavy atom. The highest BCUT2D eigenvalue weighted by Gasteiger charge is 2.22. The molecule has 1 heterocycles. The number of hydrogen-bond acceptors (Lipinski definition) is 4. The van der Waals surface area contributed by atoms with Crippen LogP contribution in [0.25, 0.3) is 5.69 Å². The number of nitrogens with zero attached hydrogens (tertiary/aromatic N) is 4. The molecule has 0 aliphatic heterocycles. The molecular weight excluding hydrogens is 367 g/mol. The minimum Gasteiger partial charge on any atom is -0.481 e. The predicted octanol–water partition coefficient (Wildman–Crippen LogP) is 3.07. The Labute approximate surface area is 155 Å². The van der Waals surface area contributed by atoms with Gasteiger partial charge < -0.3 is 10.0 Å². The zero-order valence-corrected chi connectivity index (χ0v) is 15.4. The highest BCUT2D eigenvalue weighted by Crippen LogP contribution is 2.28.